The first-order chi connectivity index (χ1) is 10.8. The molecule has 1 unspecified atom stereocenters. The van der Waals surface area contributed by atoms with E-state index < -0.39 is 0 Å². The fourth-order valence-corrected chi connectivity index (χ4v) is 6.50. The van der Waals surface area contributed by atoms with Crippen LogP contribution < -0.4 is 0 Å². The van der Waals surface area contributed by atoms with Crippen molar-refractivity contribution in [3.63, 3.8) is 0 Å². The molecule has 0 radical (unpaired) electrons. The summed E-state index contributed by atoms with van der Waals surface area (Å²) in [6, 6.07) is 4.62. The van der Waals surface area contributed by atoms with Gasteiger partial charge in [0.1, 0.15) is 0 Å². The number of hydrogen-bond acceptors (Lipinski definition) is 2. The zero-order valence-electron chi connectivity index (χ0n) is 14.5. The highest BCUT2D eigenvalue weighted by molar-refractivity contribution is 7.13. The number of hydrogen-bond donors (Lipinski definition) is 0. The zero-order valence-corrected chi connectivity index (χ0v) is 16.1. The Morgan fingerprint density at radius 1 is 0.870 bits per heavy atom. The maximum atomic E-state index is 2.51. The highest BCUT2D eigenvalue weighted by Crippen LogP contribution is 2.59. The van der Waals surface area contributed by atoms with Crippen LogP contribution in [0.25, 0.3) is 11.1 Å². The molecule has 0 amide bonds. The fraction of sp³-hybridized carbons (Fsp3) is 0.429. The molecule has 0 spiro atoms. The second-order valence-electron chi connectivity index (χ2n) is 8.41. The maximum Gasteiger partial charge on any atom is 0.0350 e. The second-order valence-corrected chi connectivity index (χ2v) is 10.3. The highest BCUT2D eigenvalue weighted by atomic mass is 32.1. The maximum absolute atomic E-state index is 2.51. The molecule has 120 valence electrons. The van der Waals surface area contributed by atoms with Crippen molar-refractivity contribution in [3.8, 4) is 11.1 Å². The van der Waals surface area contributed by atoms with Crippen LogP contribution in [0.5, 0.6) is 0 Å². The Hall–Kier alpha value is -1.12. The van der Waals surface area contributed by atoms with Gasteiger partial charge in [0.05, 0.1) is 0 Å². The summed E-state index contributed by atoms with van der Waals surface area (Å²) in [7, 11) is 0. The highest BCUT2D eigenvalue weighted by Gasteiger charge is 2.45. The Labute approximate surface area is 147 Å². The molecule has 1 atom stereocenters. The summed E-state index contributed by atoms with van der Waals surface area (Å²) >= 11 is 3.87. The molecule has 0 saturated carbocycles. The number of allylic oxidation sites excluding steroid dienone is 4. The van der Waals surface area contributed by atoms with E-state index in [2.05, 4.69) is 75.7 Å². The van der Waals surface area contributed by atoms with Gasteiger partial charge in [0, 0.05) is 21.6 Å². The van der Waals surface area contributed by atoms with E-state index in [1.54, 1.807) is 9.75 Å². The van der Waals surface area contributed by atoms with E-state index >= 15 is 0 Å². The Morgan fingerprint density at radius 2 is 1.43 bits per heavy atom. The molecular formula is C21H24S2. The van der Waals surface area contributed by atoms with Crippen molar-refractivity contribution >= 4 is 22.7 Å². The van der Waals surface area contributed by atoms with Crippen molar-refractivity contribution in [3.05, 3.63) is 56.4 Å². The Kier molecular flexibility index (Phi) is 3.31. The molecule has 0 aromatic carbocycles. The Bertz CT molecular complexity index is 765. The van der Waals surface area contributed by atoms with Crippen molar-refractivity contribution in [1.82, 2.24) is 0 Å². The van der Waals surface area contributed by atoms with Crippen LogP contribution in [-0.2, 0) is 0 Å². The molecule has 0 aliphatic heterocycles. The van der Waals surface area contributed by atoms with Crippen molar-refractivity contribution < 1.29 is 0 Å². The summed E-state index contributed by atoms with van der Waals surface area (Å²) < 4.78 is 0. The Balaban J connectivity index is 1.77. The van der Waals surface area contributed by atoms with Gasteiger partial charge >= 0.3 is 0 Å². The summed E-state index contributed by atoms with van der Waals surface area (Å²) in [5.74, 6) is 1.03. The summed E-state index contributed by atoms with van der Waals surface area (Å²) in [4.78, 5) is 3.14. The largest absolute Gasteiger partial charge is 0.148 e. The molecule has 0 fully saturated rings. The molecule has 2 heterocycles. The third-order valence-electron chi connectivity index (χ3n) is 5.52. The van der Waals surface area contributed by atoms with Crippen LogP contribution in [0.2, 0.25) is 0 Å². The van der Waals surface area contributed by atoms with Crippen molar-refractivity contribution in [2.24, 2.45) is 16.7 Å². The second kappa shape index (κ2) is 4.94. The van der Waals surface area contributed by atoms with Gasteiger partial charge in [0.2, 0.25) is 0 Å². The van der Waals surface area contributed by atoms with E-state index in [9.17, 15) is 0 Å². The van der Waals surface area contributed by atoms with Gasteiger partial charge in [-0.1, -0.05) is 52.8 Å². The molecule has 0 nitrogen and oxygen atoms in total. The average molecular weight is 341 g/mol. The lowest BCUT2D eigenvalue weighted by Gasteiger charge is -2.36. The standard InChI is InChI=1S/C21H24S2/c1-20(2,3)13-6-7-14(12-13)21(4,5)17-18-15(8-10-22-18)16-9-11-23-19(16)17/h6-12,14,17H,1-5H3. The molecule has 0 bridgehead atoms. The van der Waals surface area contributed by atoms with Crippen LogP contribution >= 0.6 is 22.7 Å². The monoisotopic (exact) mass is 340 g/mol. The first-order valence-corrected chi connectivity index (χ1v) is 10.1. The van der Waals surface area contributed by atoms with Gasteiger partial charge in [-0.3, -0.25) is 0 Å². The molecule has 4 rings (SSSR count). The lowest BCUT2D eigenvalue weighted by Crippen LogP contribution is -2.27. The molecule has 0 N–H and O–H groups in total. The topological polar surface area (TPSA) is 0 Å². The fourth-order valence-electron chi connectivity index (χ4n) is 4.00. The van der Waals surface area contributed by atoms with Gasteiger partial charge in [-0.2, -0.15) is 0 Å². The van der Waals surface area contributed by atoms with Gasteiger partial charge in [-0.05, 0) is 50.4 Å². The van der Waals surface area contributed by atoms with Crippen molar-refractivity contribution in [1.29, 1.82) is 0 Å². The lowest BCUT2D eigenvalue weighted by atomic mass is 9.69. The van der Waals surface area contributed by atoms with E-state index in [1.807, 2.05) is 22.7 Å². The SMILES string of the molecule is CC(C)(C)C1=CC(C(C)(C)C2c3sccc3-c3ccsc32)C=C1. The van der Waals surface area contributed by atoms with E-state index in [1.165, 1.54) is 16.7 Å². The third-order valence-corrected chi connectivity index (χ3v) is 7.48. The van der Waals surface area contributed by atoms with E-state index in [-0.39, 0.29) is 10.8 Å². The molecular weight excluding hydrogens is 316 g/mol. The quantitative estimate of drug-likeness (QED) is 0.546. The van der Waals surface area contributed by atoms with Gasteiger partial charge in [-0.25, -0.2) is 0 Å². The molecule has 23 heavy (non-hydrogen) atoms. The number of thiophene rings is 2. The first-order valence-electron chi connectivity index (χ1n) is 8.36. The number of fused-ring (bicyclic) bond motifs is 3. The third kappa shape index (κ3) is 2.22. The predicted molar refractivity (Wildman–Crippen MR) is 103 cm³/mol. The normalized spacial score (nSPS) is 20.7. The van der Waals surface area contributed by atoms with Gasteiger partial charge < -0.3 is 0 Å². The Morgan fingerprint density at radius 3 is 1.91 bits per heavy atom. The van der Waals surface area contributed by atoms with Crippen LogP contribution in [0, 0.1) is 16.7 Å². The van der Waals surface area contributed by atoms with Crippen LogP contribution in [0.1, 0.15) is 50.3 Å². The van der Waals surface area contributed by atoms with Crippen LogP contribution in [0.4, 0.5) is 0 Å². The van der Waals surface area contributed by atoms with Crippen molar-refractivity contribution in [2.45, 2.75) is 40.5 Å². The van der Waals surface area contributed by atoms with Crippen molar-refractivity contribution in [2.75, 3.05) is 0 Å². The molecule has 2 heteroatoms. The smallest absolute Gasteiger partial charge is 0.0350 e. The van der Waals surface area contributed by atoms with E-state index in [0.717, 1.165) is 0 Å². The summed E-state index contributed by atoms with van der Waals surface area (Å²) in [6.45, 7) is 11.8. The minimum Gasteiger partial charge on any atom is -0.148 e. The summed E-state index contributed by atoms with van der Waals surface area (Å²) in [5.41, 5.74) is 4.86. The van der Waals surface area contributed by atoms with Gasteiger partial charge in [0.15, 0.2) is 0 Å². The van der Waals surface area contributed by atoms with Crippen LogP contribution in [0.3, 0.4) is 0 Å². The van der Waals surface area contributed by atoms with Crippen LogP contribution in [-0.4, -0.2) is 0 Å². The van der Waals surface area contributed by atoms with Crippen LogP contribution in [0.15, 0.2) is 46.7 Å². The molecule has 2 aromatic heterocycles. The molecule has 2 aliphatic rings. The zero-order chi connectivity index (χ0) is 16.4. The summed E-state index contributed by atoms with van der Waals surface area (Å²) in [5, 5.41) is 4.52. The minimum atomic E-state index is 0.194. The predicted octanol–water partition coefficient (Wildman–Crippen LogP) is 7.11. The lowest BCUT2D eigenvalue weighted by molar-refractivity contribution is 0.271. The first kappa shape index (κ1) is 15.4. The number of rotatable bonds is 2. The summed E-state index contributed by atoms with van der Waals surface area (Å²) in [6.07, 6.45) is 7.30. The van der Waals surface area contributed by atoms with E-state index in [4.69, 9.17) is 0 Å². The molecule has 2 aromatic rings. The van der Waals surface area contributed by atoms with E-state index in [0.29, 0.717) is 11.8 Å². The van der Waals surface area contributed by atoms with Gasteiger partial charge in [0.25, 0.3) is 0 Å². The molecule has 2 aliphatic carbocycles. The molecule has 0 saturated heterocycles. The minimum absolute atomic E-state index is 0.194. The van der Waals surface area contributed by atoms with Gasteiger partial charge in [-0.15, -0.1) is 22.7 Å². The average Bonchev–Trinajstić information content (AvgIpc) is 3.19.